The maximum atomic E-state index is 13.8. The van der Waals surface area contributed by atoms with Crippen molar-refractivity contribution < 1.29 is 22.7 Å². The Balaban J connectivity index is 1.38. The number of carbonyl (C=O) groups is 1. The van der Waals surface area contributed by atoms with E-state index in [2.05, 4.69) is 15.2 Å². The fourth-order valence-corrected chi connectivity index (χ4v) is 5.01. The summed E-state index contributed by atoms with van der Waals surface area (Å²) in [5.41, 5.74) is 1.85. The number of aryl methyl sites for hydroxylation is 1. The van der Waals surface area contributed by atoms with Crippen LogP contribution in [-0.2, 0) is 24.1 Å². The van der Waals surface area contributed by atoms with Crippen LogP contribution in [0.1, 0.15) is 66.1 Å². The third-order valence-corrected chi connectivity index (χ3v) is 6.89. The number of nitrogens with zero attached hydrogens (tertiary/aromatic N) is 2. The number of hydrogen-bond donors (Lipinski definition) is 1. The number of ether oxygens (including phenoxy) is 1. The molecule has 0 atom stereocenters. The second kappa shape index (κ2) is 10.3. The van der Waals surface area contributed by atoms with E-state index in [1.807, 2.05) is 25.1 Å². The van der Waals surface area contributed by atoms with Crippen molar-refractivity contribution >= 4 is 5.91 Å². The first-order valence-electron chi connectivity index (χ1n) is 12.0. The van der Waals surface area contributed by atoms with Gasteiger partial charge in [0.2, 0.25) is 5.91 Å². The van der Waals surface area contributed by atoms with Crippen molar-refractivity contribution in [1.29, 1.82) is 0 Å². The van der Waals surface area contributed by atoms with Crippen molar-refractivity contribution in [2.24, 2.45) is 5.92 Å². The van der Waals surface area contributed by atoms with E-state index in [9.17, 15) is 18.0 Å². The molecule has 0 bridgehead atoms. The minimum absolute atomic E-state index is 0.0197. The molecule has 5 nitrogen and oxygen atoms in total. The molecule has 2 aliphatic rings. The number of alkyl halides is 3. The maximum Gasteiger partial charge on any atom is 0.433 e. The Morgan fingerprint density at radius 2 is 1.88 bits per heavy atom. The summed E-state index contributed by atoms with van der Waals surface area (Å²) >= 11 is 0. The van der Waals surface area contributed by atoms with E-state index in [4.69, 9.17) is 4.74 Å². The second-order valence-electron chi connectivity index (χ2n) is 9.47. The predicted octanol–water partition coefficient (Wildman–Crippen LogP) is 5.21. The van der Waals surface area contributed by atoms with Crippen molar-refractivity contribution in [3.8, 4) is 5.75 Å². The lowest BCUT2D eigenvalue weighted by molar-refractivity contribution is -0.142. The van der Waals surface area contributed by atoms with Crippen LogP contribution >= 0.6 is 0 Å². The molecule has 0 unspecified atom stereocenters. The summed E-state index contributed by atoms with van der Waals surface area (Å²) in [6.07, 6.45) is 0.118. The number of hydrogen-bond acceptors (Lipinski definition) is 4. The molecule has 0 radical (unpaired) electrons. The SMILES string of the molecule is CNC(=O)C1CN(Cc2ccc(OCc3ccc(C4CCCCC4)c(C(F)(F)F)n3)c(C)c2)C1. The number of amides is 1. The summed E-state index contributed by atoms with van der Waals surface area (Å²) in [6, 6.07) is 9.08. The van der Waals surface area contributed by atoms with Gasteiger partial charge in [0.25, 0.3) is 0 Å². The highest BCUT2D eigenvalue weighted by Gasteiger charge is 2.38. The number of pyridine rings is 1. The topological polar surface area (TPSA) is 54.5 Å². The van der Waals surface area contributed by atoms with E-state index in [1.165, 1.54) is 0 Å². The predicted molar refractivity (Wildman–Crippen MR) is 123 cm³/mol. The van der Waals surface area contributed by atoms with Crippen molar-refractivity contribution in [3.63, 3.8) is 0 Å². The average Bonchev–Trinajstić information content (AvgIpc) is 2.80. The van der Waals surface area contributed by atoms with Crippen LogP contribution in [0.2, 0.25) is 0 Å². The first kappa shape index (κ1) is 24.5. The average molecular weight is 476 g/mol. The monoisotopic (exact) mass is 475 g/mol. The number of halogens is 3. The maximum absolute atomic E-state index is 13.8. The number of likely N-dealkylation sites (tertiary alicyclic amines) is 1. The smallest absolute Gasteiger partial charge is 0.433 e. The Hall–Kier alpha value is -2.61. The lowest BCUT2D eigenvalue weighted by Crippen LogP contribution is -2.52. The van der Waals surface area contributed by atoms with Gasteiger partial charge in [0.1, 0.15) is 18.1 Å². The van der Waals surface area contributed by atoms with Gasteiger partial charge in [-0.25, -0.2) is 4.98 Å². The van der Waals surface area contributed by atoms with Crippen LogP contribution in [0.5, 0.6) is 5.75 Å². The Labute approximate surface area is 198 Å². The zero-order valence-electron chi connectivity index (χ0n) is 19.8. The van der Waals surface area contributed by atoms with Gasteiger partial charge in [-0.2, -0.15) is 13.2 Å². The van der Waals surface area contributed by atoms with E-state index in [-0.39, 0.29) is 30.0 Å². The van der Waals surface area contributed by atoms with E-state index < -0.39 is 11.9 Å². The molecule has 2 fully saturated rings. The fraction of sp³-hybridized carbons (Fsp3) is 0.538. The summed E-state index contributed by atoms with van der Waals surface area (Å²) in [6.45, 7) is 4.12. The molecule has 0 spiro atoms. The third-order valence-electron chi connectivity index (χ3n) is 6.89. The van der Waals surface area contributed by atoms with Gasteiger partial charge in [0, 0.05) is 26.7 Å². The largest absolute Gasteiger partial charge is 0.487 e. The Kier molecular flexibility index (Phi) is 7.45. The van der Waals surface area contributed by atoms with Crippen LogP contribution in [0.4, 0.5) is 13.2 Å². The summed E-state index contributed by atoms with van der Waals surface area (Å²) in [4.78, 5) is 17.8. The van der Waals surface area contributed by atoms with Crippen LogP contribution in [0.15, 0.2) is 30.3 Å². The lowest BCUT2D eigenvalue weighted by Gasteiger charge is -2.38. The molecule has 8 heteroatoms. The zero-order chi connectivity index (χ0) is 24.3. The minimum Gasteiger partial charge on any atom is -0.487 e. The standard InChI is InChI=1S/C26H32F3N3O2/c1-17-12-18(13-32-14-20(15-32)25(33)30-2)8-11-23(17)34-16-21-9-10-22(19-6-4-3-5-7-19)24(31-21)26(27,28)29/h8-12,19-20H,3-7,13-16H2,1-2H3,(H,30,33). The molecule has 1 aliphatic carbocycles. The van der Waals surface area contributed by atoms with Gasteiger partial charge < -0.3 is 10.1 Å². The van der Waals surface area contributed by atoms with Gasteiger partial charge in [0.15, 0.2) is 0 Å². The van der Waals surface area contributed by atoms with Crippen molar-refractivity contribution in [2.75, 3.05) is 20.1 Å². The molecule has 2 aromatic rings. The molecule has 1 saturated carbocycles. The normalized spacial score (nSPS) is 17.9. The van der Waals surface area contributed by atoms with Gasteiger partial charge in [-0.3, -0.25) is 9.69 Å². The van der Waals surface area contributed by atoms with E-state index in [1.54, 1.807) is 19.2 Å². The molecule has 34 heavy (non-hydrogen) atoms. The van der Waals surface area contributed by atoms with Gasteiger partial charge in [-0.15, -0.1) is 0 Å². The van der Waals surface area contributed by atoms with E-state index >= 15 is 0 Å². The number of nitrogens with one attached hydrogen (secondary N) is 1. The first-order valence-corrected chi connectivity index (χ1v) is 12.0. The molecule has 2 heterocycles. The molecule has 1 N–H and O–H groups in total. The van der Waals surface area contributed by atoms with Crippen LogP contribution in [-0.4, -0.2) is 35.9 Å². The van der Waals surface area contributed by atoms with Crippen LogP contribution < -0.4 is 10.1 Å². The quantitative estimate of drug-likeness (QED) is 0.597. The molecule has 1 aliphatic heterocycles. The van der Waals surface area contributed by atoms with Gasteiger partial charge in [0.05, 0.1) is 11.6 Å². The highest BCUT2D eigenvalue weighted by atomic mass is 19.4. The molecule has 1 amide bonds. The molecule has 1 aromatic heterocycles. The molecular formula is C26H32F3N3O2. The molecule has 4 rings (SSSR count). The number of rotatable bonds is 7. The molecule has 184 valence electrons. The number of carbonyl (C=O) groups excluding carboxylic acids is 1. The molecule has 1 saturated heterocycles. The van der Waals surface area contributed by atoms with Gasteiger partial charge in [-0.05, 0) is 54.5 Å². The third kappa shape index (κ3) is 5.71. The first-order chi connectivity index (χ1) is 16.2. The molecule has 1 aromatic carbocycles. The highest BCUT2D eigenvalue weighted by Crippen LogP contribution is 2.40. The summed E-state index contributed by atoms with van der Waals surface area (Å²) in [5.74, 6) is 0.681. The van der Waals surface area contributed by atoms with Crippen molar-refractivity contribution in [3.05, 3.63) is 58.4 Å². The van der Waals surface area contributed by atoms with E-state index in [0.717, 1.165) is 62.9 Å². The highest BCUT2D eigenvalue weighted by molar-refractivity contribution is 5.79. The fourth-order valence-electron chi connectivity index (χ4n) is 5.01. The Morgan fingerprint density at radius 1 is 1.15 bits per heavy atom. The summed E-state index contributed by atoms with van der Waals surface area (Å²) < 4.78 is 47.1. The Morgan fingerprint density at radius 3 is 2.53 bits per heavy atom. The van der Waals surface area contributed by atoms with Gasteiger partial charge >= 0.3 is 6.18 Å². The van der Waals surface area contributed by atoms with Gasteiger partial charge in [-0.1, -0.05) is 37.5 Å². The summed E-state index contributed by atoms with van der Waals surface area (Å²) in [7, 11) is 1.65. The molecular weight excluding hydrogens is 443 g/mol. The van der Waals surface area contributed by atoms with Crippen LogP contribution in [0, 0.1) is 12.8 Å². The van der Waals surface area contributed by atoms with Crippen LogP contribution in [0.25, 0.3) is 0 Å². The second-order valence-corrected chi connectivity index (χ2v) is 9.47. The number of benzene rings is 1. The lowest BCUT2D eigenvalue weighted by atomic mass is 9.83. The van der Waals surface area contributed by atoms with Crippen molar-refractivity contribution in [2.45, 2.75) is 64.3 Å². The minimum atomic E-state index is -4.48. The number of aromatic nitrogens is 1. The van der Waals surface area contributed by atoms with E-state index in [0.29, 0.717) is 11.3 Å². The summed E-state index contributed by atoms with van der Waals surface area (Å²) in [5, 5.41) is 2.68. The van der Waals surface area contributed by atoms with Crippen molar-refractivity contribution in [1.82, 2.24) is 15.2 Å². The van der Waals surface area contributed by atoms with Crippen LogP contribution in [0.3, 0.4) is 0 Å². The zero-order valence-corrected chi connectivity index (χ0v) is 19.8. The Bertz CT molecular complexity index is 1010.